The summed E-state index contributed by atoms with van der Waals surface area (Å²) in [6, 6.07) is 17.2. The zero-order valence-electron chi connectivity index (χ0n) is 20.4. The quantitative estimate of drug-likeness (QED) is 0.158. The van der Waals surface area contributed by atoms with Crippen molar-refractivity contribution in [3.05, 3.63) is 91.0 Å². The van der Waals surface area contributed by atoms with E-state index < -0.39 is 17.9 Å². The summed E-state index contributed by atoms with van der Waals surface area (Å²) in [5.74, 6) is 0.0810. The number of nitrogens with one attached hydrogen (secondary N) is 2. The van der Waals surface area contributed by atoms with E-state index in [9.17, 15) is 9.59 Å². The summed E-state index contributed by atoms with van der Waals surface area (Å²) in [6.07, 6.45) is 1.50. The minimum absolute atomic E-state index is 0.191. The smallest absolute Gasteiger partial charge is 0.262 e. The molecule has 3 aromatic carbocycles. The average molecular weight is 654 g/mol. The summed E-state index contributed by atoms with van der Waals surface area (Å²) >= 11 is 14.1. The Labute approximate surface area is 239 Å². The van der Waals surface area contributed by atoms with Crippen molar-refractivity contribution in [2.24, 2.45) is 11.0 Å². The molecule has 2 N–H and O–H groups in total. The maximum absolute atomic E-state index is 12.8. The maximum Gasteiger partial charge on any atom is 0.262 e. The number of hydrogen-bond donors (Lipinski definition) is 2. The lowest BCUT2D eigenvalue weighted by atomic mass is 10.0. The molecule has 0 aliphatic heterocycles. The van der Waals surface area contributed by atoms with Crippen molar-refractivity contribution >= 4 is 63.8 Å². The molecule has 0 spiro atoms. The van der Waals surface area contributed by atoms with Gasteiger partial charge in [0.05, 0.1) is 26.9 Å². The van der Waals surface area contributed by atoms with Gasteiger partial charge in [0, 0.05) is 5.56 Å². The molecule has 0 aromatic heterocycles. The fraction of sp³-hybridized carbons (Fsp3) is 0.222. The lowest BCUT2D eigenvalue weighted by Crippen LogP contribution is -2.48. The number of halogens is 3. The summed E-state index contributed by atoms with van der Waals surface area (Å²) in [6.45, 7) is 4.05. The lowest BCUT2D eigenvalue weighted by molar-refractivity contribution is -0.123. The number of nitrogens with zero attached hydrogens (tertiary/aromatic N) is 1. The van der Waals surface area contributed by atoms with Crippen LogP contribution >= 0.6 is 45.8 Å². The predicted molar refractivity (Wildman–Crippen MR) is 155 cm³/mol. The molecule has 0 saturated carbocycles. The van der Waals surface area contributed by atoms with E-state index in [-0.39, 0.29) is 10.9 Å². The second-order valence-corrected chi connectivity index (χ2v) is 10.3. The third-order valence-corrected chi connectivity index (χ3v) is 6.82. The number of benzene rings is 3. The van der Waals surface area contributed by atoms with Crippen LogP contribution in [0.4, 0.5) is 0 Å². The normalized spacial score (nSPS) is 11.9. The summed E-state index contributed by atoms with van der Waals surface area (Å²) in [7, 11) is 1.56. The van der Waals surface area contributed by atoms with Crippen molar-refractivity contribution in [1.82, 2.24) is 10.7 Å². The third-order valence-electron chi connectivity index (χ3n) is 5.28. The molecule has 194 valence electrons. The van der Waals surface area contributed by atoms with E-state index in [0.717, 1.165) is 9.13 Å². The third kappa shape index (κ3) is 8.08. The predicted octanol–water partition coefficient (Wildman–Crippen LogP) is 6.09. The van der Waals surface area contributed by atoms with Crippen molar-refractivity contribution in [2.45, 2.75) is 26.5 Å². The number of hydrazone groups is 1. The fourth-order valence-electron chi connectivity index (χ4n) is 3.32. The van der Waals surface area contributed by atoms with Gasteiger partial charge < -0.3 is 14.8 Å². The van der Waals surface area contributed by atoms with Crippen molar-refractivity contribution in [2.75, 3.05) is 7.11 Å². The molecule has 3 rings (SSSR count). The van der Waals surface area contributed by atoms with Crippen molar-refractivity contribution in [3.8, 4) is 11.5 Å². The molecule has 2 amide bonds. The highest BCUT2D eigenvalue weighted by molar-refractivity contribution is 14.1. The average Bonchev–Trinajstić information content (AvgIpc) is 2.88. The first kappa shape index (κ1) is 28.7. The number of amides is 2. The molecular formula is C27H26Cl2IN3O4. The van der Waals surface area contributed by atoms with E-state index in [2.05, 4.69) is 38.4 Å². The highest BCUT2D eigenvalue weighted by atomic mass is 127. The van der Waals surface area contributed by atoms with Crippen molar-refractivity contribution in [1.29, 1.82) is 0 Å². The highest BCUT2D eigenvalue weighted by Crippen LogP contribution is 2.34. The van der Waals surface area contributed by atoms with E-state index in [1.54, 1.807) is 19.2 Å². The van der Waals surface area contributed by atoms with Crippen LogP contribution in [-0.2, 0) is 11.4 Å². The van der Waals surface area contributed by atoms with Gasteiger partial charge in [-0.15, -0.1) is 0 Å². The molecule has 1 atom stereocenters. The van der Waals surface area contributed by atoms with Gasteiger partial charge in [0.15, 0.2) is 11.5 Å². The van der Waals surface area contributed by atoms with Gasteiger partial charge in [-0.3, -0.25) is 9.59 Å². The van der Waals surface area contributed by atoms with E-state index in [1.165, 1.54) is 18.3 Å². The van der Waals surface area contributed by atoms with Crippen LogP contribution in [0.2, 0.25) is 10.0 Å². The number of methoxy groups -OCH3 is 1. The van der Waals surface area contributed by atoms with Gasteiger partial charge in [-0.05, 0) is 70.0 Å². The summed E-state index contributed by atoms with van der Waals surface area (Å²) in [4.78, 5) is 25.4. The molecular weight excluding hydrogens is 628 g/mol. The minimum atomic E-state index is -0.817. The maximum atomic E-state index is 12.8. The molecule has 0 fully saturated rings. The van der Waals surface area contributed by atoms with Crippen molar-refractivity contribution < 1.29 is 19.1 Å². The largest absolute Gasteiger partial charge is 0.493 e. The van der Waals surface area contributed by atoms with Crippen molar-refractivity contribution in [3.63, 3.8) is 0 Å². The zero-order chi connectivity index (χ0) is 26.9. The molecule has 0 aliphatic carbocycles. The van der Waals surface area contributed by atoms with Crippen LogP contribution in [0.5, 0.6) is 11.5 Å². The van der Waals surface area contributed by atoms with Crippen LogP contribution in [0.1, 0.15) is 35.3 Å². The second kappa shape index (κ2) is 13.6. The Morgan fingerprint density at radius 2 is 1.78 bits per heavy atom. The van der Waals surface area contributed by atoms with Crippen LogP contribution in [0.25, 0.3) is 0 Å². The first-order valence-electron chi connectivity index (χ1n) is 11.3. The topological polar surface area (TPSA) is 89.0 Å². The van der Waals surface area contributed by atoms with Gasteiger partial charge in [0.1, 0.15) is 12.6 Å². The molecule has 0 heterocycles. The lowest BCUT2D eigenvalue weighted by Gasteiger charge is -2.20. The Balaban J connectivity index is 1.66. The minimum Gasteiger partial charge on any atom is -0.493 e. The Morgan fingerprint density at radius 1 is 1.05 bits per heavy atom. The molecule has 37 heavy (non-hydrogen) atoms. The summed E-state index contributed by atoms with van der Waals surface area (Å²) < 4.78 is 12.3. The molecule has 1 unspecified atom stereocenters. The number of carbonyl (C=O) groups is 2. The van der Waals surface area contributed by atoms with Gasteiger partial charge >= 0.3 is 0 Å². The molecule has 0 bridgehead atoms. The Hall–Kier alpha value is -2.82. The van der Waals surface area contributed by atoms with Crippen LogP contribution in [0.3, 0.4) is 0 Å². The van der Waals surface area contributed by atoms with E-state index in [1.807, 2.05) is 50.2 Å². The van der Waals surface area contributed by atoms with Gasteiger partial charge in [-0.1, -0.05) is 67.4 Å². The van der Waals surface area contributed by atoms with Crippen LogP contribution in [-0.4, -0.2) is 31.2 Å². The monoisotopic (exact) mass is 653 g/mol. The van der Waals surface area contributed by atoms with E-state index >= 15 is 0 Å². The molecule has 0 saturated heterocycles. The fourth-order valence-corrected chi connectivity index (χ4v) is 4.40. The van der Waals surface area contributed by atoms with Crippen LogP contribution in [0.15, 0.2) is 65.8 Å². The number of carbonyl (C=O) groups excluding carboxylic acids is 2. The Morgan fingerprint density at radius 3 is 2.43 bits per heavy atom. The van der Waals surface area contributed by atoms with Gasteiger partial charge in [-0.25, -0.2) is 5.43 Å². The summed E-state index contributed by atoms with van der Waals surface area (Å²) in [5.41, 5.74) is 4.55. The van der Waals surface area contributed by atoms with Crippen LogP contribution in [0, 0.1) is 9.49 Å². The highest BCUT2D eigenvalue weighted by Gasteiger charge is 2.25. The Kier molecular flexibility index (Phi) is 10.6. The molecule has 0 radical (unpaired) electrons. The summed E-state index contributed by atoms with van der Waals surface area (Å²) in [5, 5.41) is 7.40. The number of rotatable bonds is 10. The van der Waals surface area contributed by atoms with Gasteiger partial charge in [0.25, 0.3) is 11.8 Å². The molecule has 0 aliphatic rings. The van der Waals surface area contributed by atoms with E-state index in [4.69, 9.17) is 32.7 Å². The first-order chi connectivity index (χ1) is 17.7. The van der Waals surface area contributed by atoms with Crippen LogP contribution < -0.4 is 20.2 Å². The Bertz CT molecular complexity index is 1290. The number of ether oxygens (including phenoxy) is 2. The van der Waals surface area contributed by atoms with E-state index in [0.29, 0.717) is 34.3 Å². The molecule has 3 aromatic rings. The van der Waals surface area contributed by atoms with Gasteiger partial charge in [-0.2, -0.15) is 5.10 Å². The van der Waals surface area contributed by atoms with Gasteiger partial charge in [0.2, 0.25) is 0 Å². The zero-order valence-corrected chi connectivity index (χ0v) is 24.1. The second-order valence-electron chi connectivity index (χ2n) is 8.37. The number of hydrogen-bond acceptors (Lipinski definition) is 5. The SMILES string of the molecule is COc1cc(/C=N/NC(=O)C(NC(=O)c2ccc(Cl)c(Cl)c2)C(C)C)cc(I)c1OCc1ccccc1. The first-order valence-corrected chi connectivity index (χ1v) is 13.2. The molecule has 7 nitrogen and oxygen atoms in total. The standard InChI is InChI=1S/C27H26Cl2IN3O4/c1-16(2)24(32-26(34)19-9-10-20(28)21(29)13-19)27(35)33-31-14-18-11-22(30)25(23(12-18)36-3)37-15-17-7-5-4-6-8-17/h4-14,16,24H,15H2,1-3H3,(H,32,34)(H,33,35)/b31-14+. The molecule has 10 heteroatoms.